The largest absolute Gasteiger partial charge is 0.325 e. The van der Waals surface area contributed by atoms with Crippen LogP contribution in [0.25, 0.3) is 27.6 Å². The Morgan fingerprint density at radius 1 is 0.833 bits per heavy atom. The van der Waals surface area contributed by atoms with E-state index in [-0.39, 0.29) is 18.0 Å². The summed E-state index contributed by atoms with van der Waals surface area (Å²) in [6.07, 6.45) is 3.18. The second-order valence-corrected chi connectivity index (χ2v) is 6.89. The first-order valence-electron chi connectivity index (χ1n) is 9.45. The molecule has 0 unspecified atom stereocenters. The summed E-state index contributed by atoms with van der Waals surface area (Å²) in [5.41, 5.74) is 3.90. The molecule has 0 saturated heterocycles. The van der Waals surface area contributed by atoms with Crippen molar-refractivity contribution in [1.29, 1.82) is 0 Å². The van der Waals surface area contributed by atoms with Crippen molar-refractivity contribution in [3.8, 4) is 5.69 Å². The van der Waals surface area contributed by atoms with Gasteiger partial charge < -0.3 is 5.32 Å². The number of anilines is 1. The summed E-state index contributed by atoms with van der Waals surface area (Å²) in [7, 11) is 0. The Morgan fingerprint density at radius 2 is 1.53 bits per heavy atom. The van der Waals surface area contributed by atoms with E-state index in [9.17, 15) is 9.59 Å². The zero-order valence-electron chi connectivity index (χ0n) is 15.9. The number of para-hydroxylation sites is 3. The number of aromatic nitrogens is 4. The molecule has 2 heterocycles. The van der Waals surface area contributed by atoms with E-state index in [1.807, 2.05) is 59.2 Å². The average Bonchev–Trinajstić information content (AvgIpc) is 3.21. The highest BCUT2D eigenvalue weighted by Gasteiger charge is 2.09. The van der Waals surface area contributed by atoms with E-state index in [4.69, 9.17) is 0 Å². The first kappa shape index (κ1) is 17.8. The lowest BCUT2D eigenvalue weighted by molar-refractivity contribution is -0.116. The normalized spacial score (nSPS) is 11.1. The van der Waals surface area contributed by atoms with Gasteiger partial charge >= 0.3 is 0 Å². The lowest BCUT2D eigenvalue weighted by Gasteiger charge is -2.09. The Morgan fingerprint density at radius 3 is 2.37 bits per heavy atom. The molecule has 1 N–H and O–H groups in total. The fourth-order valence-electron chi connectivity index (χ4n) is 3.44. The van der Waals surface area contributed by atoms with E-state index in [2.05, 4.69) is 15.3 Å². The number of fused-ring (bicyclic) bond motifs is 2. The van der Waals surface area contributed by atoms with Crippen LogP contribution in [-0.2, 0) is 11.3 Å². The molecule has 0 aliphatic heterocycles. The molecule has 5 rings (SSSR count). The first-order chi connectivity index (χ1) is 14.7. The van der Waals surface area contributed by atoms with Gasteiger partial charge in [-0.2, -0.15) is 0 Å². The zero-order chi connectivity index (χ0) is 20.5. The van der Waals surface area contributed by atoms with Gasteiger partial charge in [0, 0.05) is 11.4 Å². The van der Waals surface area contributed by atoms with Crippen molar-refractivity contribution in [2.75, 3.05) is 5.32 Å². The van der Waals surface area contributed by atoms with Crippen molar-refractivity contribution in [1.82, 2.24) is 19.1 Å². The predicted molar refractivity (Wildman–Crippen MR) is 116 cm³/mol. The summed E-state index contributed by atoms with van der Waals surface area (Å²) < 4.78 is 3.30. The van der Waals surface area contributed by atoms with Gasteiger partial charge in [-0.25, -0.2) is 9.97 Å². The van der Waals surface area contributed by atoms with Gasteiger partial charge in [-0.1, -0.05) is 24.3 Å². The quantitative estimate of drug-likeness (QED) is 0.506. The number of nitrogens with one attached hydrogen (secondary N) is 1. The van der Waals surface area contributed by atoms with Crippen LogP contribution >= 0.6 is 0 Å². The molecule has 1 amide bonds. The fourth-order valence-corrected chi connectivity index (χ4v) is 3.44. The van der Waals surface area contributed by atoms with Gasteiger partial charge in [0.15, 0.2) is 0 Å². The molecule has 0 atom stereocenters. The maximum absolute atomic E-state index is 12.5. The first-order valence-corrected chi connectivity index (χ1v) is 9.45. The number of benzene rings is 3. The third kappa shape index (κ3) is 3.22. The molecule has 7 heteroatoms. The molecule has 5 aromatic rings. The van der Waals surface area contributed by atoms with Crippen LogP contribution in [0.2, 0.25) is 0 Å². The van der Waals surface area contributed by atoms with E-state index in [1.54, 1.807) is 24.5 Å². The minimum absolute atomic E-state index is 0.107. The van der Waals surface area contributed by atoms with Crippen LogP contribution in [0.1, 0.15) is 0 Å². The minimum Gasteiger partial charge on any atom is -0.325 e. The summed E-state index contributed by atoms with van der Waals surface area (Å²) in [6.45, 7) is -0.107. The highest BCUT2D eigenvalue weighted by Crippen LogP contribution is 2.19. The second-order valence-electron chi connectivity index (χ2n) is 6.89. The summed E-state index contributed by atoms with van der Waals surface area (Å²) >= 11 is 0. The molecule has 0 fully saturated rings. The van der Waals surface area contributed by atoms with Crippen LogP contribution in [0.5, 0.6) is 0 Å². The van der Waals surface area contributed by atoms with Gasteiger partial charge in [0.1, 0.15) is 12.9 Å². The summed E-state index contributed by atoms with van der Waals surface area (Å²) in [6, 6.07) is 22.4. The lowest BCUT2D eigenvalue weighted by atomic mass is 10.2. The van der Waals surface area contributed by atoms with E-state index in [1.165, 1.54) is 10.9 Å². The van der Waals surface area contributed by atoms with E-state index >= 15 is 0 Å². The standard InChI is InChI=1S/C23H17N5O2/c29-22(13-27-14-24-19-6-2-1-5-18(19)23(27)30)26-16-9-11-17(12-10-16)28-15-25-20-7-3-4-8-21(20)28/h1-12,14-15H,13H2,(H,26,29). The van der Waals surface area contributed by atoms with Crippen molar-refractivity contribution >= 4 is 33.5 Å². The van der Waals surface area contributed by atoms with Gasteiger partial charge in [0.05, 0.1) is 28.3 Å². The second kappa shape index (κ2) is 7.29. The molecule has 0 bridgehead atoms. The van der Waals surface area contributed by atoms with Crippen LogP contribution in [-0.4, -0.2) is 25.0 Å². The summed E-state index contributed by atoms with van der Waals surface area (Å²) in [4.78, 5) is 33.6. The van der Waals surface area contributed by atoms with Gasteiger partial charge in [-0.15, -0.1) is 0 Å². The maximum Gasteiger partial charge on any atom is 0.261 e. The van der Waals surface area contributed by atoms with E-state index in [0.717, 1.165) is 16.7 Å². The maximum atomic E-state index is 12.5. The molecule has 0 radical (unpaired) electrons. The summed E-state index contributed by atoms with van der Waals surface area (Å²) in [5.74, 6) is -0.296. The van der Waals surface area contributed by atoms with Gasteiger partial charge in [0.25, 0.3) is 5.56 Å². The topological polar surface area (TPSA) is 81.8 Å². The zero-order valence-corrected chi connectivity index (χ0v) is 15.9. The number of nitrogens with zero attached hydrogens (tertiary/aromatic N) is 4. The molecule has 2 aromatic heterocycles. The van der Waals surface area contributed by atoms with E-state index in [0.29, 0.717) is 16.6 Å². The van der Waals surface area contributed by atoms with Crippen LogP contribution in [0.15, 0.2) is 90.2 Å². The van der Waals surface area contributed by atoms with Gasteiger partial charge in [0.2, 0.25) is 5.91 Å². The molecular formula is C23H17N5O2. The van der Waals surface area contributed by atoms with Crippen molar-refractivity contribution < 1.29 is 4.79 Å². The fraction of sp³-hybridized carbons (Fsp3) is 0.0435. The third-order valence-electron chi connectivity index (χ3n) is 4.93. The van der Waals surface area contributed by atoms with Gasteiger partial charge in [-0.3, -0.25) is 18.7 Å². The highest BCUT2D eigenvalue weighted by molar-refractivity contribution is 5.91. The molecule has 30 heavy (non-hydrogen) atoms. The van der Waals surface area contributed by atoms with Crippen LogP contribution < -0.4 is 10.9 Å². The third-order valence-corrected chi connectivity index (χ3v) is 4.93. The monoisotopic (exact) mass is 395 g/mol. The minimum atomic E-state index is -0.296. The number of carbonyl (C=O) groups excluding carboxylic acids is 1. The predicted octanol–water partition coefficient (Wildman–Crippen LogP) is 3.37. The average molecular weight is 395 g/mol. The van der Waals surface area contributed by atoms with Crippen molar-refractivity contribution in [3.05, 3.63) is 95.8 Å². The Bertz CT molecular complexity index is 1430. The Hall–Kier alpha value is -4.26. The molecular weight excluding hydrogens is 378 g/mol. The van der Waals surface area contributed by atoms with Crippen LogP contribution in [0.4, 0.5) is 5.69 Å². The Balaban J connectivity index is 1.33. The molecule has 0 aliphatic carbocycles. The lowest BCUT2D eigenvalue weighted by Crippen LogP contribution is -2.27. The number of hydrogen-bond donors (Lipinski definition) is 1. The number of amides is 1. The molecule has 0 aliphatic rings. The molecule has 7 nitrogen and oxygen atoms in total. The SMILES string of the molecule is O=C(Cn1cnc2ccccc2c1=O)Nc1ccc(-n2cnc3ccccc32)cc1. The molecule has 0 saturated carbocycles. The van der Waals surface area contributed by atoms with Crippen molar-refractivity contribution in [2.24, 2.45) is 0 Å². The van der Waals surface area contributed by atoms with Crippen molar-refractivity contribution in [3.63, 3.8) is 0 Å². The Kier molecular flexibility index (Phi) is 4.33. The highest BCUT2D eigenvalue weighted by atomic mass is 16.2. The summed E-state index contributed by atoms with van der Waals surface area (Å²) in [5, 5.41) is 3.31. The molecule has 0 spiro atoms. The number of rotatable bonds is 4. The van der Waals surface area contributed by atoms with Crippen LogP contribution in [0, 0.1) is 0 Å². The Labute approximate surface area is 171 Å². The number of imidazole rings is 1. The number of hydrogen-bond acceptors (Lipinski definition) is 4. The number of carbonyl (C=O) groups is 1. The van der Waals surface area contributed by atoms with Crippen molar-refractivity contribution in [2.45, 2.75) is 6.54 Å². The van der Waals surface area contributed by atoms with Gasteiger partial charge in [-0.05, 0) is 48.5 Å². The molecule has 3 aromatic carbocycles. The smallest absolute Gasteiger partial charge is 0.261 e. The van der Waals surface area contributed by atoms with E-state index < -0.39 is 0 Å². The van der Waals surface area contributed by atoms with Crippen LogP contribution in [0.3, 0.4) is 0 Å². The molecule has 146 valence electrons.